The van der Waals surface area contributed by atoms with Gasteiger partial charge in [-0.05, 0) is 31.0 Å². The number of benzene rings is 1. The van der Waals surface area contributed by atoms with Gasteiger partial charge in [-0.3, -0.25) is 4.79 Å². The molecular formula is C16H16ClNO4S. The van der Waals surface area contributed by atoms with E-state index in [1.807, 2.05) is 6.07 Å². The first-order chi connectivity index (χ1) is 11.1. The lowest BCUT2D eigenvalue weighted by molar-refractivity contribution is -0.133. The van der Waals surface area contributed by atoms with E-state index in [2.05, 4.69) is 0 Å². The van der Waals surface area contributed by atoms with E-state index < -0.39 is 5.97 Å². The van der Waals surface area contributed by atoms with Gasteiger partial charge in [0.05, 0.1) is 12.1 Å². The monoisotopic (exact) mass is 353 g/mol. The zero-order chi connectivity index (χ0) is 16.4. The van der Waals surface area contributed by atoms with Gasteiger partial charge < -0.3 is 14.4 Å². The van der Waals surface area contributed by atoms with Crippen molar-refractivity contribution >= 4 is 44.9 Å². The van der Waals surface area contributed by atoms with Crippen LogP contribution in [-0.2, 0) is 9.53 Å². The number of rotatable bonds is 4. The molecule has 0 unspecified atom stereocenters. The van der Waals surface area contributed by atoms with Crippen LogP contribution >= 0.6 is 22.9 Å². The summed E-state index contributed by atoms with van der Waals surface area (Å²) in [5.74, 6) is -0.0305. The van der Waals surface area contributed by atoms with Crippen LogP contribution in [0.1, 0.15) is 22.5 Å². The number of esters is 1. The van der Waals surface area contributed by atoms with Crippen LogP contribution in [0, 0.1) is 0 Å². The van der Waals surface area contributed by atoms with Gasteiger partial charge in [-0.1, -0.05) is 11.6 Å². The highest BCUT2D eigenvalue weighted by Gasteiger charge is 2.22. The van der Waals surface area contributed by atoms with Crippen LogP contribution in [0.5, 0.6) is 5.75 Å². The summed E-state index contributed by atoms with van der Waals surface area (Å²) in [6, 6.07) is 5.41. The molecule has 1 aromatic heterocycles. The first-order valence-corrected chi connectivity index (χ1v) is 8.50. The van der Waals surface area contributed by atoms with E-state index in [1.54, 1.807) is 24.1 Å². The molecule has 1 aromatic carbocycles. The molecule has 0 saturated carbocycles. The third-order valence-corrected chi connectivity index (χ3v) is 5.44. The highest BCUT2D eigenvalue weighted by atomic mass is 35.5. The molecule has 7 heteroatoms. The Bertz CT molecular complexity index is 752. The van der Waals surface area contributed by atoms with E-state index in [1.165, 1.54) is 11.3 Å². The van der Waals surface area contributed by atoms with E-state index in [-0.39, 0.29) is 12.5 Å². The van der Waals surface area contributed by atoms with E-state index >= 15 is 0 Å². The second-order valence-corrected chi connectivity index (χ2v) is 6.70. The lowest BCUT2D eigenvalue weighted by Gasteiger charge is -2.14. The average molecular weight is 354 g/mol. The Labute approximate surface area is 142 Å². The van der Waals surface area contributed by atoms with Gasteiger partial charge in [-0.25, -0.2) is 4.79 Å². The summed E-state index contributed by atoms with van der Waals surface area (Å²) >= 11 is 7.50. The van der Waals surface area contributed by atoms with E-state index in [4.69, 9.17) is 21.1 Å². The Morgan fingerprint density at radius 3 is 2.74 bits per heavy atom. The first kappa shape index (κ1) is 16.1. The minimum atomic E-state index is -0.567. The quantitative estimate of drug-likeness (QED) is 0.791. The molecule has 23 heavy (non-hydrogen) atoms. The van der Waals surface area contributed by atoms with E-state index in [0.717, 1.165) is 36.0 Å². The Morgan fingerprint density at radius 2 is 2.04 bits per heavy atom. The molecule has 1 aliphatic heterocycles. The molecule has 0 spiro atoms. The average Bonchev–Trinajstić information content (AvgIpc) is 3.20. The number of fused-ring (bicyclic) bond motifs is 1. The molecule has 1 saturated heterocycles. The highest BCUT2D eigenvalue weighted by molar-refractivity contribution is 7.21. The summed E-state index contributed by atoms with van der Waals surface area (Å²) in [6.45, 7) is 1.23. The number of likely N-dealkylation sites (tertiary alicyclic amines) is 1. The van der Waals surface area contributed by atoms with Crippen molar-refractivity contribution in [3.63, 3.8) is 0 Å². The Balaban J connectivity index is 1.72. The zero-order valence-electron chi connectivity index (χ0n) is 12.6. The molecule has 1 amide bonds. The normalized spacial score (nSPS) is 14.3. The molecule has 122 valence electrons. The molecule has 1 aliphatic rings. The molecule has 0 radical (unpaired) electrons. The van der Waals surface area contributed by atoms with Gasteiger partial charge in [0.25, 0.3) is 5.91 Å². The number of hydrogen-bond donors (Lipinski definition) is 0. The predicted octanol–water partition coefficient (Wildman–Crippen LogP) is 3.34. The second-order valence-electron chi connectivity index (χ2n) is 5.27. The minimum absolute atomic E-state index is 0.158. The largest absolute Gasteiger partial charge is 0.497 e. The first-order valence-electron chi connectivity index (χ1n) is 7.31. The number of halogens is 1. The van der Waals surface area contributed by atoms with Crippen LogP contribution in [0.3, 0.4) is 0 Å². The summed E-state index contributed by atoms with van der Waals surface area (Å²) in [6.07, 6.45) is 2.01. The number of ether oxygens (including phenoxy) is 2. The highest BCUT2D eigenvalue weighted by Crippen LogP contribution is 2.37. The smallest absolute Gasteiger partial charge is 0.350 e. The fourth-order valence-corrected chi connectivity index (χ4v) is 3.98. The zero-order valence-corrected chi connectivity index (χ0v) is 14.2. The molecule has 2 heterocycles. The summed E-state index contributed by atoms with van der Waals surface area (Å²) in [5.41, 5.74) is 0. The summed E-state index contributed by atoms with van der Waals surface area (Å²) in [7, 11) is 1.58. The van der Waals surface area contributed by atoms with Crippen molar-refractivity contribution in [2.24, 2.45) is 0 Å². The Morgan fingerprint density at radius 1 is 1.30 bits per heavy atom. The molecule has 5 nitrogen and oxygen atoms in total. The molecule has 0 N–H and O–H groups in total. The van der Waals surface area contributed by atoms with Crippen LogP contribution in [0.15, 0.2) is 18.2 Å². The maximum Gasteiger partial charge on any atom is 0.350 e. The maximum absolute atomic E-state index is 12.2. The van der Waals surface area contributed by atoms with Crippen molar-refractivity contribution in [1.29, 1.82) is 0 Å². The molecular weight excluding hydrogens is 338 g/mol. The summed E-state index contributed by atoms with van der Waals surface area (Å²) in [5, 5.41) is 1.13. The van der Waals surface area contributed by atoms with Crippen molar-refractivity contribution in [2.45, 2.75) is 12.8 Å². The minimum Gasteiger partial charge on any atom is -0.497 e. The number of carbonyl (C=O) groups is 2. The number of nitrogens with zero attached hydrogens (tertiary/aromatic N) is 1. The lowest BCUT2D eigenvalue weighted by Crippen LogP contribution is -2.31. The van der Waals surface area contributed by atoms with E-state index in [0.29, 0.717) is 15.6 Å². The van der Waals surface area contributed by atoms with E-state index in [9.17, 15) is 9.59 Å². The van der Waals surface area contributed by atoms with Gasteiger partial charge >= 0.3 is 5.97 Å². The fraction of sp³-hybridized carbons (Fsp3) is 0.375. The molecule has 0 atom stereocenters. The van der Waals surface area contributed by atoms with Crippen molar-refractivity contribution in [1.82, 2.24) is 4.90 Å². The van der Waals surface area contributed by atoms with Crippen LogP contribution in [0.2, 0.25) is 5.02 Å². The third kappa shape index (κ3) is 3.28. The van der Waals surface area contributed by atoms with Crippen molar-refractivity contribution in [2.75, 3.05) is 26.8 Å². The Kier molecular flexibility index (Phi) is 4.73. The van der Waals surface area contributed by atoms with Gasteiger partial charge in [0.2, 0.25) is 0 Å². The SMILES string of the molecule is COc1ccc2c(Cl)c(C(=O)OCC(=O)N3CCCC3)sc2c1. The van der Waals surface area contributed by atoms with Crippen LogP contribution < -0.4 is 4.74 Å². The maximum atomic E-state index is 12.2. The van der Waals surface area contributed by atoms with Crippen LogP contribution in [-0.4, -0.2) is 43.6 Å². The van der Waals surface area contributed by atoms with Crippen LogP contribution in [0.25, 0.3) is 10.1 Å². The topological polar surface area (TPSA) is 55.8 Å². The van der Waals surface area contributed by atoms with Crippen molar-refractivity contribution < 1.29 is 19.1 Å². The van der Waals surface area contributed by atoms with Crippen LogP contribution in [0.4, 0.5) is 0 Å². The van der Waals surface area contributed by atoms with Gasteiger partial charge in [0.15, 0.2) is 6.61 Å². The molecule has 3 rings (SSSR count). The fourth-order valence-electron chi connectivity index (χ4n) is 2.55. The van der Waals surface area contributed by atoms with Gasteiger partial charge in [-0.15, -0.1) is 11.3 Å². The second kappa shape index (κ2) is 6.76. The number of carbonyl (C=O) groups excluding carboxylic acids is 2. The standard InChI is InChI=1S/C16H16ClNO4S/c1-21-10-4-5-11-12(8-10)23-15(14(11)17)16(20)22-9-13(19)18-6-2-3-7-18/h4-5,8H,2-3,6-7,9H2,1H3. The number of hydrogen-bond acceptors (Lipinski definition) is 5. The summed E-state index contributed by atoms with van der Waals surface area (Å²) < 4.78 is 11.1. The molecule has 0 bridgehead atoms. The molecule has 1 fully saturated rings. The van der Waals surface area contributed by atoms with Gasteiger partial charge in [-0.2, -0.15) is 0 Å². The predicted molar refractivity (Wildman–Crippen MR) is 89.5 cm³/mol. The number of methoxy groups -OCH3 is 1. The van der Waals surface area contributed by atoms with Crippen molar-refractivity contribution in [3.8, 4) is 5.75 Å². The molecule has 2 aromatic rings. The van der Waals surface area contributed by atoms with Gasteiger partial charge in [0, 0.05) is 23.2 Å². The lowest BCUT2D eigenvalue weighted by atomic mass is 10.2. The molecule has 0 aliphatic carbocycles. The number of amides is 1. The number of thiophene rings is 1. The van der Waals surface area contributed by atoms with Crippen molar-refractivity contribution in [3.05, 3.63) is 28.1 Å². The third-order valence-electron chi connectivity index (χ3n) is 3.81. The Hall–Kier alpha value is -1.79. The summed E-state index contributed by atoms with van der Waals surface area (Å²) in [4.78, 5) is 26.2. The van der Waals surface area contributed by atoms with Gasteiger partial charge in [0.1, 0.15) is 10.6 Å².